The minimum absolute atomic E-state index is 0.359. The van der Waals surface area contributed by atoms with Crippen LogP contribution in [0.15, 0.2) is 43.9 Å². The van der Waals surface area contributed by atoms with Gasteiger partial charge in [0, 0.05) is 6.54 Å². The average Bonchev–Trinajstić information content (AvgIpc) is 2.86. The first kappa shape index (κ1) is 12.8. The molecule has 0 N–H and O–H groups in total. The first-order chi connectivity index (χ1) is 8.78. The number of halogens is 2. The summed E-state index contributed by atoms with van der Waals surface area (Å²) in [5.74, 6) is 0.572. The Morgan fingerprint density at radius 3 is 2.89 bits per heavy atom. The summed E-state index contributed by atoms with van der Waals surface area (Å²) in [7, 11) is 0. The van der Waals surface area contributed by atoms with Crippen molar-refractivity contribution in [2.75, 3.05) is 12.4 Å². The highest BCUT2D eigenvalue weighted by Gasteiger charge is 2.34. The van der Waals surface area contributed by atoms with E-state index in [9.17, 15) is 0 Å². The number of thioether (sulfide) groups is 1. The maximum atomic E-state index is 6.00. The minimum Gasteiger partial charge on any atom is -0.320 e. The van der Waals surface area contributed by atoms with Gasteiger partial charge in [0.2, 0.25) is 0 Å². The van der Waals surface area contributed by atoms with Gasteiger partial charge in [-0.05, 0) is 46.3 Å². The Kier molecular flexibility index (Phi) is 3.86. The number of rotatable bonds is 3. The lowest BCUT2D eigenvalue weighted by atomic mass is 10.1. The third-order valence-corrected chi connectivity index (χ3v) is 5.55. The molecule has 2 aliphatic heterocycles. The maximum absolute atomic E-state index is 6.00. The highest BCUT2D eigenvalue weighted by Crippen LogP contribution is 2.42. The van der Waals surface area contributed by atoms with Crippen LogP contribution in [-0.4, -0.2) is 28.5 Å². The standard InChI is InChI=1S/C13H12ClIN2S/c14-7-11-12(15)18-13-16-10(8-17(11)13)6-9-4-2-1-3-5-9/h1-5,10H,6-8H2. The van der Waals surface area contributed by atoms with Gasteiger partial charge < -0.3 is 4.90 Å². The quantitative estimate of drug-likeness (QED) is 0.575. The van der Waals surface area contributed by atoms with Gasteiger partial charge in [0.1, 0.15) is 0 Å². The molecule has 0 saturated carbocycles. The lowest BCUT2D eigenvalue weighted by molar-refractivity contribution is 0.511. The second kappa shape index (κ2) is 5.43. The molecule has 0 amide bonds. The predicted octanol–water partition coefficient (Wildman–Crippen LogP) is 3.86. The summed E-state index contributed by atoms with van der Waals surface area (Å²) < 4.78 is 1.26. The second-order valence-electron chi connectivity index (χ2n) is 4.32. The van der Waals surface area contributed by atoms with E-state index in [0.717, 1.165) is 18.1 Å². The van der Waals surface area contributed by atoms with Crippen molar-refractivity contribution in [2.45, 2.75) is 12.5 Å². The number of hydrogen-bond donors (Lipinski definition) is 0. The molecule has 0 radical (unpaired) electrons. The van der Waals surface area contributed by atoms with E-state index in [1.165, 1.54) is 14.2 Å². The Bertz CT molecular complexity index is 515. The summed E-state index contributed by atoms with van der Waals surface area (Å²) in [6.07, 6.45) is 1.01. The molecule has 1 aromatic carbocycles. The van der Waals surface area contributed by atoms with Gasteiger partial charge in [0.25, 0.3) is 0 Å². The van der Waals surface area contributed by atoms with E-state index in [1.807, 2.05) is 0 Å². The van der Waals surface area contributed by atoms with Gasteiger partial charge in [-0.1, -0.05) is 30.3 Å². The fourth-order valence-electron chi connectivity index (χ4n) is 2.23. The molecule has 1 atom stereocenters. The summed E-state index contributed by atoms with van der Waals surface area (Å²) in [5.41, 5.74) is 2.57. The molecular weight excluding hydrogens is 379 g/mol. The van der Waals surface area contributed by atoms with Crippen LogP contribution >= 0.6 is 46.0 Å². The highest BCUT2D eigenvalue weighted by atomic mass is 127. The van der Waals surface area contributed by atoms with Gasteiger partial charge in [-0.15, -0.1) is 11.6 Å². The molecule has 5 heteroatoms. The molecule has 2 aliphatic rings. The van der Waals surface area contributed by atoms with Crippen molar-refractivity contribution in [2.24, 2.45) is 4.99 Å². The van der Waals surface area contributed by atoms with Crippen molar-refractivity contribution >= 4 is 51.1 Å². The number of amidine groups is 1. The summed E-state index contributed by atoms with van der Waals surface area (Å²) in [6, 6.07) is 10.9. The molecular formula is C13H12ClIN2S. The van der Waals surface area contributed by atoms with E-state index in [0.29, 0.717) is 11.9 Å². The van der Waals surface area contributed by atoms with Crippen LogP contribution in [0.3, 0.4) is 0 Å². The maximum Gasteiger partial charge on any atom is 0.169 e. The van der Waals surface area contributed by atoms with E-state index in [4.69, 9.17) is 16.6 Å². The Morgan fingerprint density at radius 1 is 1.39 bits per heavy atom. The summed E-state index contributed by atoms with van der Waals surface area (Å²) in [5, 5.41) is 1.12. The van der Waals surface area contributed by atoms with E-state index >= 15 is 0 Å². The zero-order chi connectivity index (χ0) is 12.5. The average molecular weight is 391 g/mol. The molecule has 1 unspecified atom stereocenters. The topological polar surface area (TPSA) is 15.6 Å². The van der Waals surface area contributed by atoms with Crippen LogP contribution in [0, 0.1) is 0 Å². The van der Waals surface area contributed by atoms with E-state index < -0.39 is 0 Å². The zero-order valence-corrected chi connectivity index (χ0v) is 13.4. The van der Waals surface area contributed by atoms with Crippen molar-refractivity contribution in [3.63, 3.8) is 0 Å². The molecule has 94 valence electrons. The van der Waals surface area contributed by atoms with Crippen molar-refractivity contribution < 1.29 is 0 Å². The Hall–Kier alpha value is -0.200. The van der Waals surface area contributed by atoms with Crippen LogP contribution in [0.4, 0.5) is 0 Å². The van der Waals surface area contributed by atoms with E-state index in [1.54, 1.807) is 11.8 Å². The molecule has 3 rings (SSSR count). The predicted molar refractivity (Wildman–Crippen MR) is 87.4 cm³/mol. The minimum atomic E-state index is 0.359. The number of nitrogens with zero attached hydrogens (tertiary/aromatic N) is 2. The van der Waals surface area contributed by atoms with Gasteiger partial charge in [0.15, 0.2) is 5.17 Å². The third-order valence-electron chi connectivity index (χ3n) is 3.09. The lowest BCUT2D eigenvalue weighted by Gasteiger charge is -2.16. The number of aliphatic imine (C=N–C) groups is 1. The molecule has 18 heavy (non-hydrogen) atoms. The second-order valence-corrected chi connectivity index (χ2v) is 7.38. The van der Waals surface area contributed by atoms with Gasteiger partial charge >= 0.3 is 0 Å². The van der Waals surface area contributed by atoms with Crippen LogP contribution in [0.2, 0.25) is 0 Å². The third kappa shape index (κ3) is 2.42. The summed E-state index contributed by atoms with van der Waals surface area (Å²) in [4.78, 5) is 7.07. The molecule has 0 fully saturated rings. The normalized spacial score (nSPS) is 22.4. The Morgan fingerprint density at radius 2 is 2.17 bits per heavy atom. The SMILES string of the molecule is ClCC1=C(I)SC2=NC(Cc3ccccc3)CN21. The fraction of sp³-hybridized carbons (Fsp3) is 0.308. The van der Waals surface area contributed by atoms with Gasteiger partial charge in [-0.2, -0.15) is 0 Å². The first-order valence-corrected chi connectivity index (χ1v) is 8.22. The van der Waals surface area contributed by atoms with Crippen LogP contribution < -0.4 is 0 Å². The number of hydrogen-bond acceptors (Lipinski definition) is 3. The summed E-state index contributed by atoms with van der Waals surface area (Å²) >= 11 is 10.1. The Labute approximate surface area is 130 Å². The number of alkyl halides is 1. The number of benzene rings is 1. The van der Waals surface area contributed by atoms with Crippen molar-refractivity contribution in [1.29, 1.82) is 0 Å². The molecule has 2 nitrogen and oxygen atoms in total. The Balaban J connectivity index is 1.71. The molecule has 2 heterocycles. The molecule has 0 saturated heterocycles. The number of fused-ring (bicyclic) bond motifs is 1. The smallest absolute Gasteiger partial charge is 0.169 e. The van der Waals surface area contributed by atoms with E-state index in [-0.39, 0.29) is 0 Å². The summed E-state index contributed by atoms with van der Waals surface area (Å²) in [6.45, 7) is 0.964. The molecule has 0 bridgehead atoms. The van der Waals surface area contributed by atoms with Gasteiger partial charge in [-0.3, -0.25) is 4.99 Å². The molecule has 1 aromatic rings. The molecule has 0 spiro atoms. The lowest BCUT2D eigenvalue weighted by Crippen LogP contribution is -2.25. The van der Waals surface area contributed by atoms with Crippen LogP contribution in [0.1, 0.15) is 5.56 Å². The molecule has 0 aromatic heterocycles. The van der Waals surface area contributed by atoms with E-state index in [2.05, 4.69) is 57.8 Å². The molecule has 0 aliphatic carbocycles. The van der Waals surface area contributed by atoms with Gasteiger partial charge in [-0.25, -0.2) is 0 Å². The van der Waals surface area contributed by atoms with Crippen LogP contribution in [-0.2, 0) is 6.42 Å². The van der Waals surface area contributed by atoms with Gasteiger partial charge in [0.05, 0.1) is 20.5 Å². The first-order valence-electron chi connectivity index (χ1n) is 5.79. The van der Waals surface area contributed by atoms with Crippen molar-refractivity contribution in [1.82, 2.24) is 4.90 Å². The van der Waals surface area contributed by atoms with Crippen LogP contribution in [0.5, 0.6) is 0 Å². The van der Waals surface area contributed by atoms with Crippen LogP contribution in [0.25, 0.3) is 0 Å². The zero-order valence-electron chi connectivity index (χ0n) is 9.64. The van der Waals surface area contributed by atoms with Crippen molar-refractivity contribution in [3.05, 3.63) is 44.5 Å². The monoisotopic (exact) mass is 390 g/mol. The highest BCUT2D eigenvalue weighted by molar-refractivity contribution is 14.1. The largest absolute Gasteiger partial charge is 0.320 e. The number of allylic oxidation sites excluding steroid dienone is 1. The van der Waals surface area contributed by atoms with Crippen molar-refractivity contribution in [3.8, 4) is 0 Å². The fourth-order valence-corrected chi connectivity index (χ4v) is 4.84.